The number of hydrogen-bond donors (Lipinski definition) is 2. The summed E-state index contributed by atoms with van der Waals surface area (Å²) >= 11 is 3.31. The second-order valence-corrected chi connectivity index (χ2v) is 10.2. The highest BCUT2D eigenvalue weighted by molar-refractivity contribution is 9.10. The van der Waals surface area contributed by atoms with Crippen LogP contribution in [-0.4, -0.2) is 37.6 Å². The van der Waals surface area contributed by atoms with Crippen molar-refractivity contribution in [3.63, 3.8) is 0 Å². The highest BCUT2D eigenvalue weighted by atomic mass is 79.9. The fourth-order valence-corrected chi connectivity index (χ4v) is 5.23. The Balaban J connectivity index is 1.69. The van der Waals surface area contributed by atoms with Crippen molar-refractivity contribution in [3.05, 3.63) is 52.5 Å². The summed E-state index contributed by atoms with van der Waals surface area (Å²) in [5, 5.41) is 5.60. The van der Waals surface area contributed by atoms with Gasteiger partial charge in [-0.1, -0.05) is 15.9 Å². The fourth-order valence-electron chi connectivity index (χ4n) is 3.45. The molecule has 30 heavy (non-hydrogen) atoms. The molecule has 0 aromatic heterocycles. The number of anilines is 2. The standard InChI is InChI=1S/C21H24BrN3O4S/c1-14-12-18(7-10-20(14)23-15(2)26)24-21(27)16-4-3-11-25(13-16)30(28,29)19-8-5-17(22)6-9-19/h5-10,12,16H,3-4,11,13H2,1-2H3,(H,23,26)(H,24,27). The van der Waals surface area contributed by atoms with Gasteiger partial charge in [0, 0.05) is 35.9 Å². The van der Waals surface area contributed by atoms with Crippen LogP contribution < -0.4 is 10.6 Å². The third kappa shape index (κ3) is 5.27. The molecule has 2 amide bonds. The predicted octanol–water partition coefficient (Wildman–Crippen LogP) is 3.76. The van der Waals surface area contributed by atoms with Gasteiger partial charge in [-0.3, -0.25) is 9.59 Å². The summed E-state index contributed by atoms with van der Waals surface area (Å²) in [4.78, 5) is 24.2. The summed E-state index contributed by atoms with van der Waals surface area (Å²) in [7, 11) is -3.65. The average molecular weight is 494 g/mol. The number of piperidine rings is 1. The lowest BCUT2D eigenvalue weighted by Gasteiger charge is -2.31. The van der Waals surface area contributed by atoms with Crippen LogP contribution in [0.15, 0.2) is 51.8 Å². The third-order valence-electron chi connectivity index (χ3n) is 5.01. The van der Waals surface area contributed by atoms with Gasteiger partial charge < -0.3 is 10.6 Å². The normalized spacial score (nSPS) is 17.4. The van der Waals surface area contributed by atoms with Crippen molar-refractivity contribution in [3.8, 4) is 0 Å². The van der Waals surface area contributed by atoms with Crippen LogP contribution in [-0.2, 0) is 19.6 Å². The van der Waals surface area contributed by atoms with Crippen LogP contribution in [0.5, 0.6) is 0 Å². The molecule has 1 saturated heterocycles. The van der Waals surface area contributed by atoms with Gasteiger partial charge >= 0.3 is 0 Å². The van der Waals surface area contributed by atoms with Crippen molar-refractivity contribution in [1.82, 2.24) is 4.31 Å². The molecule has 1 unspecified atom stereocenters. The molecule has 0 aliphatic carbocycles. The van der Waals surface area contributed by atoms with Crippen molar-refractivity contribution >= 4 is 49.1 Å². The van der Waals surface area contributed by atoms with E-state index in [9.17, 15) is 18.0 Å². The van der Waals surface area contributed by atoms with Gasteiger partial charge in [0.05, 0.1) is 10.8 Å². The molecule has 7 nitrogen and oxygen atoms in total. The van der Waals surface area contributed by atoms with Crippen molar-refractivity contribution in [2.24, 2.45) is 5.92 Å². The first-order valence-electron chi connectivity index (χ1n) is 9.61. The molecule has 0 spiro atoms. The van der Waals surface area contributed by atoms with Crippen LogP contribution in [0.25, 0.3) is 0 Å². The number of rotatable bonds is 5. The number of halogens is 1. The second kappa shape index (κ2) is 9.28. The summed E-state index contributed by atoms with van der Waals surface area (Å²) in [5.74, 6) is -0.805. The zero-order valence-electron chi connectivity index (χ0n) is 16.8. The van der Waals surface area contributed by atoms with Crippen LogP contribution in [0.4, 0.5) is 11.4 Å². The fraction of sp³-hybridized carbons (Fsp3) is 0.333. The van der Waals surface area contributed by atoms with E-state index in [1.165, 1.54) is 11.2 Å². The minimum absolute atomic E-state index is 0.146. The molecule has 2 aromatic carbocycles. The van der Waals surface area contributed by atoms with Gasteiger partial charge in [-0.2, -0.15) is 4.31 Å². The van der Waals surface area contributed by atoms with Crippen LogP contribution >= 0.6 is 15.9 Å². The topological polar surface area (TPSA) is 95.6 Å². The van der Waals surface area contributed by atoms with Crippen LogP contribution in [0.1, 0.15) is 25.3 Å². The first kappa shape index (κ1) is 22.5. The van der Waals surface area contributed by atoms with E-state index in [0.717, 1.165) is 10.0 Å². The lowest BCUT2D eigenvalue weighted by molar-refractivity contribution is -0.121. The number of benzene rings is 2. The minimum atomic E-state index is -3.65. The van der Waals surface area contributed by atoms with E-state index in [-0.39, 0.29) is 23.3 Å². The number of hydrogen-bond acceptors (Lipinski definition) is 4. The Kier molecular flexibility index (Phi) is 6.95. The molecule has 1 atom stereocenters. The van der Waals surface area contributed by atoms with E-state index in [1.807, 2.05) is 6.92 Å². The summed E-state index contributed by atoms with van der Waals surface area (Å²) in [6, 6.07) is 11.7. The van der Waals surface area contributed by atoms with Crippen molar-refractivity contribution in [2.45, 2.75) is 31.6 Å². The van der Waals surface area contributed by atoms with Gasteiger partial charge in [-0.15, -0.1) is 0 Å². The molecule has 1 heterocycles. The summed E-state index contributed by atoms with van der Waals surface area (Å²) < 4.78 is 28.1. The first-order valence-corrected chi connectivity index (χ1v) is 11.8. The number of nitrogens with one attached hydrogen (secondary N) is 2. The van der Waals surface area contributed by atoms with Gasteiger partial charge in [0.2, 0.25) is 21.8 Å². The van der Waals surface area contributed by atoms with E-state index in [2.05, 4.69) is 26.6 Å². The van der Waals surface area contributed by atoms with Gasteiger partial charge in [-0.05, 0) is 67.8 Å². The Hall–Kier alpha value is -2.23. The molecule has 2 N–H and O–H groups in total. The Bertz CT molecular complexity index is 1050. The number of carbonyl (C=O) groups is 2. The average Bonchev–Trinajstić information content (AvgIpc) is 2.70. The molecule has 0 radical (unpaired) electrons. The molecular weight excluding hydrogens is 470 g/mol. The Labute approximate surface area is 185 Å². The van der Waals surface area contributed by atoms with Gasteiger partial charge in [-0.25, -0.2) is 8.42 Å². The highest BCUT2D eigenvalue weighted by Crippen LogP contribution is 2.26. The SMILES string of the molecule is CC(=O)Nc1ccc(NC(=O)C2CCCN(S(=O)(=O)c3ccc(Br)cc3)C2)cc1C. The highest BCUT2D eigenvalue weighted by Gasteiger charge is 2.33. The molecule has 1 aliphatic heterocycles. The molecule has 160 valence electrons. The maximum absolute atomic E-state index is 12.9. The molecule has 1 fully saturated rings. The Morgan fingerprint density at radius 3 is 2.43 bits per heavy atom. The maximum atomic E-state index is 12.9. The summed E-state index contributed by atoms with van der Waals surface area (Å²) in [5.41, 5.74) is 2.12. The van der Waals surface area contributed by atoms with Gasteiger partial charge in [0.15, 0.2) is 0 Å². The minimum Gasteiger partial charge on any atom is -0.326 e. The third-order valence-corrected chi connectivity index (χ3v) is 7.42. The molecular formula is C21H24BrN3O4S. The predicted molar refractivity (Wildman–Crippen MR) is 120 cm³/mol. The number of sulfonamides is 1. The second-order valence-electron chi connectivity index (χ2n) is 7.36. The lowest BCUT2D eigenvalue weighted by Crippen LogP contribution is -2.43. The zero-order valence-corrected chi connectivity index (χ0v) is 19.2. The van der Waals surface area contributed by atoms with Crippen molar-refractivity contribution in [2.75, 3.05) is 23.7 Å². The molecule has 1 aliphatic rings. The largest absolute Gasteiger partial charge is 0.326 e. The number of nitrogens with zero attached hydrogens (tertiary/aromatic N) is 1. The van der Waals surface area contributed by atoms with Crippen molar-refractivity contribution < 1.29 is 18.0 Å². The van der Waals surface area contributed by atoms with Gasteiger partial charge in [0.25, 0.3) is 0 Å². The van der Waals surface area contributed by atoms with E-state index in [0.29, 0.717) is 30.8 Å². The Morgan fingerprint density at radius 2 is 1.80 bits per heavy atom. The van der Waals surface area contributed by atoms with Crippen molar-refractivity contribution in [1.29, 1.82) is 0 Å². The number of carbonyl (C=O) groups excluding carboxylic acids is 2. The first-order chi connectivity index (χ1) is 14.2. The number of amides is 2. The molecule has 3 rings (SSSR count). The van der Waals surface area contributed by atoms with Gasteiger partial charge in [0.1, 0.15) is 0 Å². The molecule has 9 heteroatoms. The van der Waals surface area contributed by atoms with Crippen LogP contribution in [0, 0.1) is 12.8 Å². The molecule has 0 saturated carbocycles. The summed E-state index contributed by atoms with van der Waals surface area (Å²) in [6.45, 7) is 3.82. The maximum Gasteiger partial charge on any atom is 0.243 e. The molecule has 0 bridgehead atoms. The van der Waals surface area contributed by atoms with E-state index in [1.54, 1.807) is 42.5 Å². The smallest absolute Gasteiger partial charge is 0.243 e. The Morgan fingerprint density at radius 1 is 1.10 bits per heavy atom. The quantitative estimate of drug-likeness (QED) is 0.662. The number of aryl methyl sites for hydroxylation is 1. The van der Waals surface area contributed by atoms with E-state index < -0.39 is 15.9 Å². The van der Waals surface area contributed by atoms with E-state index in [4.69, 9.17) is 0 Å². The monoisotopic (exact) mass is 493 g/mol. The summed E-state index contributed by atoms with van der Waals surface area (Å²) in [6.07, 6.45) is 1.25. The van der Waals surface area contributed by atoms with E-state index >= 15 is 0 Å². The molecule has 2 aromatic rings. The lowest BCUT2D eigenvalue weighted by atomic mass is 9.98. The van der Waals surface area contributed by atoms with Crippen LogP contribution in [0.2, 0.25) is 0 Å². The van der Waals surface area contributed by atoms with Crippen LogP contribution in [0.3, 0.4) is 0 Å². The zero-order chi connectivity index (χ0) is 21.9.